The summed E-state index contributed by atoms with van der Waals surface area (Å²) >= 11 is 0. The van der Waals surface area contributed by atoms with Crippen molar-refractivity contribution < 1.29 is 9.90 Å². The standard InChI is InChI=1S/C28H32N2O2/c1-19-9-11-23(12-10-19)21(3)29-28(32)27-8-5-15-30(27)18-22-6-4-7-24(17-22)26-14-13-25(31)16-20(26)2/h4,6-7,9-14,16-17,21,27,31H,5,8,15,18H2,1-3H3,(H,29,32)/t21?,27-/m1/s1. The molecule has 1 aliphatic heterocycles. The van der Waals surface area contributed by atoms with Crippen LogP contribution in [-0.2, 0) is 11.3 Å². The van der Waals surface area contributed by atoms with Gasteiger partial charge in [0.25, 0.3) is 0 Å². The van der Waals surface area contributed by atoms with E-state index in [1.807, 2.05) is 19.9 Å². The number of phenolic OH excluding ortho intramolecular Hbond substituents is 1. The third-order valence-corrected chi connectivity index (χ3v) is 6.44. The average molecular weight is 429 g/mol. The highest BCUT2D eigenvalue weighted by Gasteiger charge is 2.31. The number of nitrogens with one attached hydrogen (secondary N) is 1. The molecule has 2 atom stereocenters. The summed E-state index contributed by atoms with van der Waals surface area (Å²) in [5.74, 6) is 0.397. The van der Waals surface area contributed by atoms with E-state index in [0.29, 0.717) is 0 Å². The number of aromatic hydroxyl groups is 1. The first-order valence-corrected chi connectivity index (χ1v) is 11.4. The molecule has 0 spiro atoms. The van der Waals surface area contributed by atoms with Crippen molar-refractivity contribution in [2.75, 3.05) is 6.54 Å². The summed E-state index contributed by atoms with van der Waals surface area (Å²) in [5.41, 5.74) is 6.84. The van der Waals surface area contributed by atoms with E-state index in [-0.39, 0.29) is 23.7 Å². The van der Waals surface area contributed by atoms with Gasteiger partial charge in [-0.15, -0.1) is 0 Å². The van der Waals surface area contributed by atoms with Crippen molar-refractivity contribution in [1.29, 1.82) is 0 Å². The van der Waals surface area contributed by atoms with Crippen molar-refractivity contribution in [3.8, 4) is 16.9 Å². The Morgan fingerprint density at radius 3 is 2.62 bits per heavy atom. The van der Waals surface area contributed by atoms with Crippen LogP contribution in [0.25, 0.3) is 11.1 Å². The molecule has 1 heterocycles. The minimum atomic E-state index is -0.0954. The van der Waals surface area contributed by atoms with Crippen molar-refractivity contribution in [2.24, 2.45) is 0 Å². The van der Waals surface area contributed by atoms with Gasteiger partial charge in [-0.3, -0.25) is 9.69 Å². The van der Waals surface area contributed by atoms with Crippen LogP contribution in [0.5, 0.6) is 5.75 Å². The lowest BCUT2D eigenvalue weighted by atomic mass is 9.98. The van der Waals surface area contributed by atoms with E-state index >= 15 is 0 Å². The van der Waals surface area contributed by atoms with Crippen LogP contribution in [0.15, 0.2) is 66.7 Å². The van der Waals surface area contributed by atoms with E-state index in [1.54, 1.807) is 12.1 Å². The van der Waals surface area contributed by atoms with Gasteiger partial charge in [0.15, 0.2) is 0 Å². The van der Waals surface area contributed by atoms with Crippen LogP contribution in [0.2, 0.25) is 0 Å². The number of benzene rings is 3. The minimum absolute atomic E-state index is 0.00801. The number of hydrogen-bond donors (Lipinski definition) is 2. The summed E-state index contributed by atoms with van der Waals surface area (Å²) in [7, 11) is 0. The first-order valence-electron chi connectivity index (χ1n) is 11.4. The Kier molecular flexibility index (Phi) is 6.61. The highest BCUT2D eigenvalue weighted by atomic mass is 16.3. The Morgan fingerprint density at radius 1 is 1.09 bits per heavy atom. The SMILES string of the molecule is Cc1ccc(C(C)NC(=O)[C@H]2CCCN2Cc2cccc(-c3ccc(O)cc3C)c2)cc1. The maximum Gasteiger partial charge on any atom is 0.237 e. The Hall–Kier alpha value is -3.11. The number of carbonyl (C=O) groups is 1. The second-order valence-corrected chi connectivity index (χ2v) is 8.97. The van der Waals surface area contributed by atoms with E-state index in [2.05, 4.69) is 65.7 Å². The molecule has 166 valence electrons. The van der Waals surface area contributed by atoms with Gasteiger partial charge in [-0.2, -0.15) is 0 Å². The number of carbonyl (C=O) groups excluding carboxylic acids is 1. The molecule has 3 aromatic carbocycles. The summed E-state index contributed by atoms with van der Waals surface area (Å²) < 4.78 is 0. The normalized spacial score (nSPS) is 17.3. The number of aryl methyl sites for hydroxylation is 2. The van der Waals surface area contributed by atoms with Gasteiger partial charge in [-0.1, -0.05) is 54.1 Å². The van der Waals surface area contributed by atoms with Crippen molar-refractivity contribution >= 4 is 5.91 Å². The minimum Gasteiger partial charge on any atom is -0.508 e. The lowest BCUT2D eigenvalue weighted by molar-refractivity contribution is -0.126. The van der Waals surface area contributed by atoms with Gasteiger partial charge in [-0.05, 0) is 86.2 Å². The zero-order chi connectivity index (χ0) is 22.7. The highest BCUT2D eigenvalue weighted by molar-refractivity contribution is 5.82. The molecular formula is C28H32N2O2. The summed E-state index contributed by atoms with van der Waals surface area (Å²) in [6.45, 7) is 7.81. The lowest BCUT2D eigenvalue weighted by Gasteiger charge is -2.26. The van der Waals surface area contributed by atoms with Crippen LogP contribution in [0.3, 0.4) is 0 Å². The van der Waals surface area contributed by atoms with Gasteiger partial charge < -0.3 is 10.4 Å². The monoisotopic (exact) mass is 428 g/mol. The van der Waals surface area contributed by atoms with Crippen molar-refractivity contribution in [2.45, 2.75) is 52.2 Å². The molecule has 0 aliphatic carbocycles. The molecule has 3 aromatic rings. The van der Waals surface area contributed by atoms with Gasteiger partial charge in [0.05, 0.1) is 12.1 Å². The van der Waals surface area contributed by atoms with Crippen molar-refractivity contribution in [1.82, 2.24) is 10.2 Å². The number of nitrogens with zero attached hydrogens (tertiary/aromatic N) is 1. The Balaban J connectivity index is 1.45. The molecule has 1 fully saturated rings. The van der Waals surface area contributed by atoms with E-state index in [0.717, 1.165) is 48.2 Å². The largest absolute Gasteiger partial charge is 0.508 e. The number of hydrogen-bond acceptors (Lipinski definition) is 3. The first kappa shape index (κ1) is 22.1. The van der Waals surface area contributed by atoms with Gasteiger partial charge in [0.2, 0.25) is 5.91 Å². The predicted octanol–water partition coefficient (Wildman–Crippen LogP) is 5.52. The molecule has 32 heavy (non-hydrogen) atoms. The summed E-state index contributed by atoms with van der Waals surface area (Å²) in [6, 6.07) is 22.2. The maximum atomic E-state index is 13.1. The zero-order valence-corrected chi connectivity index (χ0v) is 19.1. The summed E-state index contributed by atoms with van der Waals surface area (Å²) in [5, 5.41) is 12.9. The first-order chi connectivity index (χ1) is 15.4. The van der Waals surface area contributed by atoms with E-state index in [4.69, 9.17) is 0 Å². The fraction of sp³-hybridized carbons (Fsp3) is 0.321. The second-order valence-electron chi connectivity index (χ2n) is 8.97. The fourth-order valence-electron chi connectivity index (χ4n) is 4.60. The second kappa shape index (κ2) is 9.58. The van der Waals surface area contributed by atoms with E-state index in [1.165, 1.54) is 11.1 Å². The molecular weight excluding hydrogens is 396 g/mol. The topological polar surface area (TPSA) is 52.6 Å². The number of rotatable bonds is 6. The van der Waals surface area contributed by atoms with Crippen LogP contribution in [0.1, 0.15) is 48.1 Å². The van der Waals surface area contributed by atoms with Crippen LogP contribution >= 0.6 is 0 Å². The number of likely N-dealkylation sites (tertiary alicyclic amines) is 1. The van der Waals surface area contributed by atoms with Gasteiger partial charge in [0, 0.05) is 6.54 Å². The highest BCUT2D eigenvalue weighted by Crippen LogP contribution is 2.28. The van der Waals surface area contributed by atoms with Crippen molar-refractivity contribution in [3.63, 3.8) is 0 Å². The van der Waals surface area contributed by atoms with Crippen LogP contribution < -0.4 is 5.32 Å². The molecule has 1 aliphatic rings. The predicted molar refractivity (Wildman–Crippen MR) is 129 cm³/mol. The maximum absolute atomic E-state index is 13.1. The van der Waals surface area contributed by atoms with E-state index in [9.17, 15) is 9.90 Å². The van der Waals surface area contributed by atoms with Crippen LogP contribution in [0.4, 0.5) is 0 Å². The molecule has 0 bridgehead atoms. The third kappa shape index (κ3) is 5.03. The van der Waals surface area contributed by atoms with Gasteiger partial charge in [0.1, 0.15) is 5.75 Å². The fourth-order valence-corrected chi connectivity index (χ4v) is 4.60. The molecule has 2 N–H and O–H groups in total. The number of phenols is 1. The Morgan fingerprint density at radius 2 is 1.88 bits per heavy atom. The quantitative estimate of drug-likeness (QED) is 0.544. The third-order valence-electron chi connectivity index (χ3n) is 6.44. The number of amides is 1. The average Bonchev–Trinajstić information content (AvgIpc) is 3.22. The Bertz CT molecular complexity index is 1090. The lowest BCUT2D eigenvalue weighted by Crippen LogP contribution is -2.43. The molecule has 1 amide bonds. The van der Waals surface area contributed by atoms with Crippen molar-refractivity contribution in [3.05, 3.63) is 89.0 Å². The molecule has 1 saturated heterocycles. The molecule has 0 aromatic heterocycles. The zero-order valence-electron chi connectivity index (χ0n) is 19.1. The van der Waals surface area contributed by atoms with Crippen LogP contribution in [0, 0.1) is 13.8 Å². The van der Waals surface area contributed by atoms with Crippen LogP contribution in [-0.4, -0.2) is 28.5 Å². The molecule has 0 radical (unpaired) electrons. The summed E-state index contributed by atoms with van der Waals surface area (Å²) in [4.78, 5) is 15.4. The molecule has 0 saturated carbocycles. The molecule has 1 unspecified atom stereocenters. The molecule has 4 nitrogen and oxygen atoms in total. The molecule has 4 rings (SSSR count). The van der Waals surface area contributed by atoms with Gasteiger partial charge >= 0.3 is 0 Å². The van der Waals surface area contributed by atoms with Gasteiger partial charge in [-0.25, -0.2) is 0 Å². The summed E-state index contributed by atoms with van der Waals surface area (Å²) in [6.07, 6.45) is 1.93. The molecule has 4 heteroatoms. The smallest absolute Gasteiger partial charge is 0.237 e. The van der Waals surface area contributed by atoms with E-state index < -0.39 is 0 Å². The Labute approximate surface area is 190 Å².